The molecule has 112 valence electrons. The van der Waals surface area contributed by atoms with E-state index >= 15 is 0 Å². The third-order valence-electron chi connectivity index (χ3n) is 3.28. The lowest BCUT2D eigenvalue weighted by Crippen LogP contribution is -2.25. The Morgan fingerprint density at radius 3 is 2.43 bits per heavy atom. The lowest BCUT2D eigenvalue weighted by Gasteiger charge is -2.23. The molecule has 0 fully saturated rings. The van der Waals surface area contributed by atoms with Crippen LogP contribution in [0, 0.1) is 10.1 Å². The zero-order chi connectivity index (χ0) is 15.8. The predicted molar refractivity (Wildman–Crippen MR) is 70.8 cm³/mol. The summed E-state index contributed by atoms with van der Waals surface area (Å²) < 4.78 is 39.3. The van der Waals surface area contributed by atoms with Crippen molar-refractivity contribution in [3.05, 3.63) is 68.7 Å². The highest BCUT2D eigenvalue weighted by atomic mass is 19.4. The summed E-state index contributed by atoms with van der Waals surface area (Å²) in [6, 6.07) is 4.93. The number of alkyl halides is 3. The zero-order valence-electron chi connectivity index (χ0n) is 11.4. The number of allylic oxidation sites excluding steroid dienone is 3. The minimum absolute atomic E-state index is 0.114. The predicted octanol–water partition coefficient (Wildman–Crippen LogP) is 3.80. The number of dihydropyridines is 1. The Morgan fingerprint density at radius 2 is 1.86 bits per heavy atom. The monoisotopic (exact) mass is 298 g/mol. The van der Waals surface area contributed by atoms with Crippen LogP contribution in [0.3, 0.4) is 0 Å². The van der Waals surface area contributed by atoms with Gasteiger partial charge in [-0.2, -0.15) is 13.2 Å². The maximum absolute atomic E-state index is 13.1. The van der Waals surface area contributed by atoms with Crippen molar-refractivity contribution < 1.29 is 18.1 Å². The highest BCUT2D eigenvalue weighted by Crippen LogP contribution is 2.40. The van der Waals surface area contributed by atoms with Crippen LogP contribution in [0.4, 0.5) is 13.2 Å². The van der Waals surface area contributed by atoms with Crippen LogP contribution in [0.25, 0.3) is 0 Å². The Morgan fingerprint density at radius 1 is 1.24 bits per heavy atom. The summed E-state index contributed by atoms with van der Waals surface area (Å²) in [5.41, 5.74) is -0.399. The van der Waals surface area contributed by atoms with E-state index in [0.717, 1.165) is 6.07 Å². The molecular weight excluding hydrogens is 285 g/mol. The van der Waals surface area contributed by atoms with Gasteiger partial charge in [-0.1, -0.05) is 18.2 Å². The van der Waals surface area contributed by atoms with Crippen LogP contribution in [0.1, 0.15) is 30.9 Å². The fraction of sp³-hybridized carbons (Fsp3) is 0.286. The van der Waals surface area contributed by atoms with Crippen molar-refractivity contribution in [2.24, 2.45) is 0 Å². The molecule has 1 atom stereocenters. The molecule has 1 N–H and O–H groups in total. The second-order valence-electron chi connectivity index (χ2n) is 4.80. The molecule has 0 aliphatic carbocycles. The fourth-order valence-electron chi connectivity index (χ4n) is 2.48. The van der Waals surface area contributed by atoms with Gasteiger partial charge < -0.3 is 5.32 Å². The first-order valence-corrected chi connectivity index (χ1v) is 6.18. The largest absolute Gasteiger partial charge is 0.416 e. The Bertz CT molecular complexity index is 648. The molecule has 0 spiro atoms. The van der Waals surface area contributed by atoms with Gasteiger partial charge >= 0.3 is 6.18 Å². The summed E-state index contributed by atoms with van der Waals surface area (Å²) >= 11 is 0. The van der Waals surface area contributed by atoms with Crippen molar-refractivity contribution in [2.45, 2.75) is 25.9 Å². The molecule has 2 rings (SSSR count). The van der Waals surface area contributed by atoms with Crippen LogP contribution >= 0.6 is 0 Å². The summed E-state index contributed by atoms with van der Waals surface area (Å²) in [5, 5.41) is 14.0. The number of hydrogen-bond acceptors (Lipinski definition) is 3. The van der Waals surface area contributed by atoms with Gasteiger partial charge in [-0.05, 0) is 31.6 Å². The number of nitrogens with one attached hydrogen (secondary N) is 1. The van der Waals surface area contributed by atoms with Gasteiger partial charge in [-0.25, -0.2) is 0 Å². The average Bonchev–Trinajstić information content (AvgIpc) is 2.36. The van der Waals surface area contributed by atoms with E-state index in [1.54, 1.807) is 6.92 Å². The summed E-state index contributed by atoms with van der Waals surface area (Å²) in [5.74, 6) is -1.03. The zero-order valence-corrected chi connectivity index (χ0v) is 11.4. The van der Waals surface area contributed by atoms with Crippen LogP contribution in [0.5, 0.6) is 0 Å². The van der Waals surface area contributed by atoms with Gasteiger partial charge in [0.15, 0.2) is 0 Å². The van der Waals surface area contributed by atoms with E-state index in [-0.39, 0.29) is 17.0 Å². The smallest absolute Gasteiger partial charge is 0.358 e. The molecular formula is C14H13F3N2O2. The van der Waals surface area contributed by atoms with Crippen LogP contribution in [0.2, 0.25) is 0 Å². The molecule has 21 heavy (non-hydrogen) atoms. The molecule has 1 aliphatic heterocycles. The molecule has 0 amide bonds. The number of hydrogen-bond donors (Lipinski definition) is 1. The van der Waals surface area contributed by atoms with E-state index in [2.05, 4.69) is 5.32 Å². The number of rotatable bonds is 2. The molecule has 0 saturated carbocycles. The molecule has 1 aliphatic rings. The molecule has 0 aromatic heterocycles. The Kier molecular flexibility index (Phi) is 3.76. The molecule has 7 heteroatoms. The topological polar surface area (TPSA) is 55.2 Å². The van der Waals surface area contributed by atoms with Crippen molar-refractivity contribution in [1.29, 1.82) is 0 Å². The Labute approximate surface area is 119 Å². The lowest BCUT2D eigenvalue weighted by atomic mass is 9.88. The first kappa shape index (κ1) is 15.1. The summed E-state index contributed by atoms with van der Waals surface area (Å²) in [6.07, 6.45) is -3.12. The van der Waals surface area contributed by atoms with Gasteiger partial charge in [0.2, 0.25) is 0 Å². The molecule has 4 nitrogen and oxygen atoms in total. The van der Waals surface area contributed by atoms with E-state index in [9.17, 15) is 23.3 Å². The molecule has 1 aromatic rings. The lowest BCUT2D eigenvalue weighted by molar-refractivity contribution is -0.430. The number of nitro groups is 1. The standard InChI is InChI=1S/C14H13F3N2O2/c1-8-7-11(13(19(20)21)9(2)18-8)10-5-3-4-6-12(10)14(15,16)17/h3-7,11,18H,1-2H3. The van der Waals surface area contributed by atoms with Gasteiger partial charge in [0.05, 0.1) is 22.1 Å². The number of halogens is 3. The van der Waals surface area contributed by atoms with Crippen molar-refractivity contribution in [2.75, 3.05) is 0 Å². The van der Waals surface area contributed by atoms with Gasteiger partial charge in [0.25, 0.3) is 5.70 Å². The van der Waals surface area contributed by atoms with Gasteiger partial charge in [0, 0.05) is 5.70 Å². The third-order valence-corrected chi connectivity index (χ3v) is 3.28. The van der Waals surface area contributed by atoms with Crippen LogP contribution in [-0.2, 0) is 6.18 Å². The van der Waals surface area contributed by atoms with Crippen molar-refractivity contribution in [3.63, 3.8) is 0 Å². The van der Waals surface area contributed by atoms with E-state index in [1.165, 1.54) is 31.2 Å². The second-order valence-corrected chi connectivity index (χ2v) is 4.80. The maximum Gasteiger partial charge on any atom is 0.416 e. The van der Waals surface area contributed by atoms with Crippen molar-refractivity contribution in [1.82, 2.24) is 5.32 Å². The summed E-state index contributed by atoms with van der Waals surface area (Å²) in [7, 11) is 0. The average molecular weight is 298 g/mol. The maximum atomic E-state index is 13.1. The van der Waals surface area contributed by atoms with Crippen LogP contribution in [-0.4, -0.2) is 4.92 Å². The first-order valence-electron chi connectivity index (χ1n) is 6.18. The van der Waals surface area contributed by atoms with E-state index < -0.39 is 22.6 Å². The minimum atomic E-state index is -4.56. The number of nitrogens with zero attached hydrogens (tertiary/aromatic N) is 1. The van der Waals surface area contributed by atoms with Gasteiger partial charge in [0.1, 0.15) is 0 Å². The van der Waals surface area contributed by atoms with E-state index in [4.69, 9.17) is 0 Å². The highest BCUT2D eigenvalue weighted by molar-refractivity contribution is 5.43. The molecule has 1 aromatic carbocycles. The molecule has 1 heterocycles. The normalized spacial score (nSPS) is 19.1. The highest BCUT2D eigenvalue weighted by Gasteiger charge is 2.39. The van der Waals surface area contributed by atoms with Crippen LogP contribution in [0.15, 0.2) is 47.4 Å². The Hall–Kier alpha value is -2.31. The van der Waals surface area contributed by atoms with Crippen molar-refractivity contribution >= 4 is 0 Å². The first-order chi connectivity index (χ1) is 9.71. The van der Waals surface area contributed by atoms with E-state index in [1.807, 2.05) is 0 Å². The fourth-order valence-corrected chi connectivity index (χ4v) is 2.48. The summed E-state index contributed by atoms with van der Waals surface area (Å²) in [6.45, 7) is 3.14. The van der Waals surface area contributed by atoms with Crippen molar-refractivity contribution in [3.8, 4) is 0 Å². The number of benzene rings is 1. The molecule has 0 radical (unpaired) electrons. The molecule has 1 unspecified atom stereocenters. The quantitative estimate of drug-likeness (QED) is 0.667. The Balaban J connectivity index is 2.64. The van der Waals surface area contributed by atoms with Gasteiger partial charge in [-0.15, -0.1) is 0 Å². The molecule has 0 saturated heterocycles. The molecule has 0 bridgehead atoms. The van der Waals surface area contributed by atoms with E-state index in [0.29, 0.717) is 5.70 Å². The van der Waals surface area contributed by atoms with Crippen LogP contribution < -0.4 is 5.32 Å². The minimum Gasteiger partial charge on any atom is -0.358 e. The third kappa shape index (κ3) is 2.91. The second kappa shape index (κ2) is 5.23. The summed E-state index contributed by atoms with van der Waals surface area (Å²) in [4.78, 5) is 10.6. The SMILES string of the molecule is CC1=CC(c2ccccc2C(F)(F)F)C([N+](=O)[O-])=C(C)N1. The van der Waals surface area contributed by atoms with Gasteiger partial charge in [-0.3, -0.25) is 10.1 Å².